The van der Waals surface area contributed by atoms with Gasteiger partial charge in [0.1, 0.15) is 5.82 Å². The lowest BCUT2D eigenvalue weighted by atomic mass is 10.00. The Bertz CT molecular complexity index is 858. The van der Waals surface area contributed by atoms with Crippen molar-refractivity contribution in [3.8, 4) is 0 Å². The first-order valence-corrected chi connectivity index (χ1v) is 9.65. The highest BCUT2D eigenvalue weighted by molar-refractivity contribution is 6.32. The summed E-state index contributed by atoms with van der Waals surface area (Å²) in [5.74, 6) is 0.848. The first-order valence-electron chi connectivity index (χ1n) is 9.27. The molecular formula is C20H22ClF3N4O. The van der Waals surface area contributed by atoms with Crippen LogP contribution in [0.2, 0.25) is 5.02 Å². The normalized spacial score (nSPS) is 17.6. The molecule has 1 aliphatic rings. The lowest BCUT2D eigenvalue weighted by Crippen LogP contribution is -2.58. The van der Waals surface area contributed by atoms with Crippen LogP contribution in [0.5, 0.6) is 0 Å². The summed E-state index contributed by atoms with van der Waals surface area (Å²) < 4.78 is 38.1. The fourth-order valence-electron chi connectivity index (χ4n) is 3.37. The van der Waals surface area contributed by atoms with Crippen molar-refractivity contribution in [1.82, 2.24) is 9.88 Å². The number of piperazine rings is 1. The van der Waals surface area contributed by atoms with E-state index in [9.17, 15) is 18.0 Å². The van der Waals surface area contributed by atoms with Crippen LogP contribution >= 0.6 is 11.6 Å². The molecule has 1 aliphatic heterocycles. The Morgan fingerprint density at radius 2 is 1.90 bits per heavy atom. The predicted molar refractivity (Wildman–Crippen MR) is 107 cm³/mol. The van der Waals surface area contributed by atoms with Crippen LogP contribution < -0.4 is 10.2 Å². The minimum atomic E-state index is -4.41. The van der Waals surface area contributed by atoms with Crippen molar-refractivity contribution in [3.63, 3.8) is 0 Å². The van der Waals surface area contributed by atoms with Gasteiger partial charge in [-0.15, -0.1) is 0 Å². The summed E-state index contributed by atoms with van der Waals surface area (Å²) in [6.07, 6.45) is -2.73. The lowest BCUT2D eigenvalue weighted by Gasteiger charge is -2.43. The summed E-state index contributed by atoms with van der Waals surface area (Å²) in [5.41, 5.74) is -0.433. The molecule has 2 heterocycles. The number of rotatable bonds is 3. The van der Waals surface area contributed by atoms with Gasteiger partial charge in [-0.05, 0) is 42.3 Å². The Hall–Kier alpha value is -2.48. The van der Waals surface area contributed by atoms with Gasteiger partial charge in [-0.3, -0.25) is 0 Å². The Balaban J connectivity index is 1.71. The first-order chi connectivity index (χ1) is 13.7. The highest BCUT2D eigenvalue weighted by Gasteiger charge is 2.34. The number of nitrogens with one attached hydrogen (secondary N) is 1. The fraction of sp³-hybridized carbons (Fsp3) is 0.400. The van der Waals surface area contributed by atoms with E-state index in [-0.39, 0.29) is 18.0 Å². The van der Waals surface area contributed by atoms with Crippen molar-refractivity contribution in [3.05, 3.63) is 53.2 Å². The van der Waals surface area contributed by atoms with Gasteiger partial charge in [0.25, 0.3) is 0 Å². The number of carbonyl (C=O) groups excluding carboxylic acids is 1. The number of aromatic nitrogens is 1. The average Bonchev–Trinajstić information content (AvgIpc) is 2.67. The van der Waals surface area contributed by atoms with Crippen LogP contribution in [-0.4, -0.2) is 41.6 Å². The monoisotopic (exact) mass is 426 g/mol. The fourth-order valence-corrected chi connectivity index (χ4v) is 3.61. The number of carbonyl (C=O) groups is 1. The molecule has 1 fully saturated rings. The van der Waals surface area contributed by atoms with E-state index >= 15 is 0 Å². The van der Waals surface area contributed by atoms with E-state index < -0.39 is 11.7 Å². The molecule has 3 rings (SSSR count). The molecule has 2 aromatic rings. The molecule has 156 valence electrons. The van der Waals surface area contributed by atoms with Crippen LogP contribution in [0.4, 0.5) is 29.5 Å². The Morgan fingerprint density at radius 1 is 1.21 bits per heavy atom. The van der Waals surface area contributed by atoms with Gasteiger partial charge in [0.05, 0.1) is 16.6 Å². The van der Waals surface area contributed by atoms with E-state index in [1.807, 2.05) is 13.8 Å². The van der Waals surface area contributed by atoms with Crippen molar-refractivity contribution in [2.75, 3.05) is 29.9 Å². The third-order valence-electron chi connectivity index (χ3n) is 4.95. The van der Waals surface area contributed by atoms with Crippen LogP contribution in [0.15, 0.2) is 42.6 Å². The number of urea groups is 1. The molecule has 1 aromatic carbocycles. The van der Waals surface area contributed by atoms with Gasteiger partial charge in [-0.25, -0.2) is 9.78 Å². The zero-order valence-corrected chi connectivity index (χ0v) is 16.8. The lowest BCUT2D eigenvalue weighted by molar-refractivity contribution is -0.137. The molecule has 1 unspecified atom stereocenters. The molecule has 0 radical (unpaired) electrons. The van der Waals surface area contributed by atoms with E-state index in [1.165, 1.54) is 12.1 Å². The van der Waals surface area contributed by atoms with Crippen LogP contribution in [-0.2, 0) is 6.18 Å². The quantitative estimate of drug-likeness (QED) is 0.740. The Morgan fingerprint density at radius 3 is 2.48 bits per heavy atom. The maximum Gasteiger partial charge on any atom is 0.416 e. The third-order valence-corrected chi connectivity index (χ3v) is 5.25. The number of halogens is 4. The first kappa shape index (κ1) is 21.2. The minimum absolute atomic E-state index is 0.101. The molecule has 1 aromatic heterocycles. The predicted octanol–water partition coefficient (Wildman–Crippen LogP) is 5.13. The second kappa shape index (κ2) is 8.49. The highest BCUT2D eigenvalue weighted by Crippen LogP contribution is 2.30. The number of hydrogen-bond donors (Lipinski definition) is 1. The summed E-state index contributed by atoms with van der Waals surface area (Å²) in [5, 5.41) is 3.25. The van der Waals surface area contributed by atoms with Gasteiger partial charge < -0.3 is 15.1 Å². The molecule has 0 aliphatic carbocycles. The van der Waals surface area contributed by atoms with Gasteiger partial charge in [-0.1, -0.05) is 25.4 Å². The molecule has 1 N–H and O–H groups in total. The standard InChI is InChI=1S/C20H22ClF3N4O/c1-13(2)17-12-27(18-16(21)4-3-9-25-18)10-11-28(17)19(29)26-15-7-5-14(6-8-15)20(22,23)24/h3-9,13,17H,10-12H2,1-2H3,(H,26,29). The SMILES string of the molecule is CC(C)C1CN(c2ncccc2Cl)CCN1C(=O)Nc1ccc(C(F)(F)F)cc1. The van der Waals surface area contributed by atoms with Gasteiger partial charge in [0.2, 0.25) is 0 Å². The number of hydrogen-bond acceptors (Lipinski definition) is 3. The number of amides is 2. The van der Waals surface area contributed by atoms with E-state index in [0.717, 1.165) is 12.1 Å². The maximum absolute atomic E-state index is 12.8. The second-order valence-electron chi connectivity index (χ2n) is 7.26. The summed E-state index contributed by atoms with van der Waals surface area (Å²) in [4.78, 5) is 20.9. The van der Waals surface area contributed by atoms with Crippen molar-refractivity contribution >= 4 is 29.1 Å². The average molecular weight is 427 g/mol. The summed E-state index contributed by atoms with van der Waals surface area (Å²) in [6.45, 7) is 5.61. The van der Waals surface area contributed by atoms with Crippen molar-refractivity contribution in [1.29, 1.82) is 0 Å². The van der Waals surface area contributed by atoms with Crippen molar-refractivity contribution < 1.29 is 18.0 Å². The largest absolute Gasteiger partial charge is 0.416 e. The molecule has 29 heavy (non-hydrogen) atoms. The molecule has 0 spiro atoms. The van der Waals surface area contributed by atoms with Gasteiger partial charge in [0, 0.05) is 31.5 Å². The van der Waals surface area contributed by atoms with Crippen molar-refractivity contribution in [2.45, 2.75) is 26.1 Å². The molecule has 2 amide bonds. The molecule has 1 saturated heterocycles. The van der Waals surface area contributed by atoms with Gasteiger partial charge >= 0.3 is 12.2 Å². The summed E-state index contributed by atoms with van der Waals surface area (Å²) in [7, 11) is 0. The molecule has 0 saturated carbocycles. The molecule has 0 bridgehead atoms. The van der Waals surface area contributed by atoms with Gasteiger partial charge in [0.15, 0.2) is 0 Å². The van der Waals surface area contributed by atoms with E-state index in [0.29, 0.717) is 36.2 Å². The molecular weight excluding hydrogens is 405 g/mol. The number of nitrogens with zero attached hydrogens (tertiary/aromatic N) is 3. The molecule has 1 atom stereocenters. The van der Waals surface area contributed by atoms with Crippen LogP contribution in [0, 0.1) is 5.92 Å². The Labute approximate surface area is 172 Å². The molecule has 5 nitrogen and oxygen atoms in total. The number of anilines is 2. The smallest absolute Gasteiger partial charge is 0.352 e. The van der Waals surface area contributed by atoms with Gasteiger partial charge in [-0.2, -0.15) is 13.2 Å². The van der Waals surface area contributed by atoms with E-state index in [1.54, 1.807) is 23.2 Å². The summed E-state index contributed by atoms with van der Waals surface area (Å²) >= 11 is 6.26. The zero-order chi connectivity index (χ0) is 21.2. The molecule has 9 heteroatoms. The number of pyridine rings is 1. The van der Waals surface area contributed by atoms with E-state index in [4.69, 9.17) is 11.6 Å². The number of alkyl halides is 3. The second-order valence-corrected chi connectivity index (χ2v) is 7.67. The maximum atomic E-state index is 12.8. The van der Waals surface area contributed by atoms with Crippen LogP contribution in [0.1, 0.15) is 19.4 Å². The number of benzene rings is 1. The minimum Gasteiger partial charge on any atom is -0.352 e. The van der Waals surface area contributed by atoms with Crippen LogP contribution in [0.3, 0.4) is 0 Å². The highest BCUT2D eigenvalue weighted by atomic mass is 35.5. The third kappa shape index (κ3) is 4.93. The Kier molecular flexibility index (Phi) is 6.21. The topological polar surface area (TPSA) is 48.5 Å². The van der Waals surface area contributed by atoms with Crippen LogP contribution in [0.25, 0.3) is 0 Å². The van der Waals surface area contributed by atoms with Crippen molar-refractivity contribution in [2.24, 2.45) is 5.92 Å². The summed E-state index contributed by atoms with van der Waals surface area (Å²) in [6, 6.07) is 7.53. The van der Waals surface area contributed by atoms with E-state index in [2.05, 4.69) is 15.2 Å². The zero-order valence-electron chi connectivity index (χ0n) is 16.1.